The molecule has 0 atom stereocenters. The first kappa shape index (κ1) is 16.8. The lowest BCUT2D eigenvalue weighted by atomic mass is 10.3. The molecule has 0 amide bonds. The lowest BCUT2D eigenvalue weighted by Gasteiger charge is -2.21. The lowest BCUT2D eigenvalue weighted by molar-refractivity contribution is 0.347. The van der Waals surface area contributed by atoms with Crippen molar-refractivity contribution in [3.05, 3.63) is 22.2 Å². The van der Waals surface area contributed by atoms with Crippen molar-refractivity contribution in [3.8, 4) is 5.75 Å². The molecule has 1 aliphatic rings. The van der Waals surface area contributed by atoms with Crippen molar-refractivity contribution in [3.63, 3.8) is 0 Å². The Morgan fingerprint density at radius 2 is 1.81 bits per heavy atom. The predicted octanol–water partition coefficient (Wildman–Crippen LogP) is 2.33. The molecule has 118 valence electrons. The Kier molecular flexibility index (Phi) is 5.38. The number of hydrogen-bond acceptors (Lipinski definition) is 4. The topological polar surface area (TPSA) is 49.9 Å². The Morgan fingerprint density at radius 3 is 2.48 bits per heavy atom. The minimum Gasteiger partial charge on any atom is -0.495 e. The minimum absolute atomic E-state index is 0.0273. The summed E-state index contributed by atoms with van der Waals surface area (Å²) in [5, 5.41) is 0.348. The number of sulfonamides is 1. The molecule has 0 radical (unpaired) electrons. The highest BCUT2D eigenvalue weighted by Crippen LogP contribution is 2.34. The summed E-state index contributed by atoms with van der Waals surface area (Å²) in [7, 11) is -0.218. The van der Waals surface area contributed by atoms with Crippen molar-refractivity contribution in [1.82, 2.24) is 9.21 Å². The number of benzene rings is 1. The lowest BCUT2D eigenvalue weighted by Crippen LogP contribution is -2.34. The monoisotopic (exact) mass is 352 g/mol. The Balaban J connectivity index is 2.37. The molecule has 1 aromatic carbocycles. The van der Waals surface area contributed by atoms with E-state index in [-0.39, 0.29) is 14.9 Å². The van der Waals surface area contributed by atoms with E-state index in [1.807, 2.05) is 7.05 Å². The van der Waals surface area contributed by atoms with Gasteiger partial charge in [0.25, 0.3) is 0 Å². The summed E-state index contributed by atoms with van der Waals surface area (Å²) < 4.78 is 32.0. The quantitative estimate of drug-likeness (QED) is 0.837. The Morgan fingerprint density at radius 1 is 1.10 bits per heavy atom. The maximum absolute atomic E-state index is 12.7. The van der Waals surface area contributed by atoms with E-state index >= 15 is 0 Å². The third-order valence-electron chi connectivity index (χ3n) is 3.50. The van der Waals surface area contributed by atoms with Crippen LogP contribution in [0.1, 0.15) is 6.42 Å². The summed E-state index contributed by atoms with van der Waals surface area (Å²) in [5.41, 5.74) is 0. The number of halogens is 2. The van der Waals surface area contributed by atoms with Crippen LogP contribution in [-0.4, -0.2) is 58.0 Å². The van der Waals surface area contributed by atoms with Crippen LogP contribution in [0.15, 0.2) is 17.0 Å². The van der Waals surface area contributed by atoms with Crippen LogP contribution in [0.5, 0.6) is 5.75 Å². The van der Waals surface area contributed by atoms with Gasteiger partial charge < -0.3 is 9.64 Å². The summed E-state index contributed by atoms with van der Waals surface area (Å²) in [5.74, 6) is 0.358. The van der Waals surface area contributed by atoms with Crippen LogP contribution >= 0.6 is 23.2 Å². The molecule has 2 rings (SSSR count). The van der Waals surface area contributed by atoms with E-state index < -0.39 is 10.0 Å². The molecule has 0 unspecified atom stereocenters. The number of nitrogens with zero attached hydrogens (tertiary/aromatic N) is 2. The summed E-state index contributed by atoms with van der Waals surface area (Å²) in [6.07, 6.45) is 0.789. The molecule has 1 aromatic rings. The van der Waals surface area contributed by atoms with Crippen molar-refractivity contribution in [2.45, 2.75) is 11.3 Å². The molecule has 0 saturated carbocycles. The van der Waals surface area contributed by atoms with Crippen LogP contribution in [0, 0.1) is 0 Å². The molecule has 1 saturated heterocycles. The predicted molar refractivity (Wildman–Crippen MR) is 83.9 cm³/mol. The zero-order valence-electron chi connectivity index (χ0n) is 12.0. The standard InChI is InChI=1S/C13H18Cl2N2O3S/c1-16-4-3-5-17(7-6-16)21(18,19)13-9-10(14)12(20-2)8-11(13)15/h8-9H,3-7H2,1-2H3. The van der Waals surface area contributed by atoms with E-state index in [1.54, 1.807) is 0 Å². The van der Waals surface area contributed by atoms with Crippen LogP contribution in [0.25, 0.3) is 0 Å². The van der Waals surface area contributed by atoms with Gasteiger partial charge in [-0.1, -0.05) is 23.2 Å². The molecular weight excluding hydrogens is 335 g/mol. The first-order chi connectivity index (χ1) is 9.86. The van der Waals surface area contributed by atoms with Gasteiger partial charge in [0.05, 0.1) is 17.2 Å². The summed E-state index contributed by atoms with van der Waals surface area (Å²) >= 11 is 12.1. The average molecular weight is 353 g/mol. The van der Waals surface area contributed by atoms with Crippen molar-refractivity contribution in [2.75, 3.05) is 40.3 Å². The SMILES string of the molecule is COc1cc(Cl)c(S(=O)(=O)N2CCCN(C)CC2)cc1Cl. The largest absolute Gasteiger partial charge is 0.495 e. The molecule has 1 heterocycles. The first-order valence-electron chi connectivity index (χ1n) is 6.58. The number of likely N-dealkylation sites (N-methyl/N-ethyl adjacent to an activating group) is 1. The Bertz CT molecular complexity index is 622. The van der Waals surface area contributed by atoms with Crippen molar-refractivity contribution < 1.29 is 13.2 Å². The second-order valence-corrected chi connectivity index (χ2v) is 7.70. The highest BCUT2D eigenvalue weighted by Gasteiger charge is 2.29. The maximum Gasteiger partial charge on any atom is 0.244 e. The van der Waals surface area contributed by atoms with Crippen LogP contribution in [0.3, 0.4) is 0 Å². The van der Waals surface area contributed by atoms with Gasteiger partial charge in [-0.2, -0.15) is 4.31 Å². The second-order valence-electron chi connectivity index (χ2n) is 4.98. The van der Waals surface area contributed by atoms with E-state index in [0.29, 0.717) is 25.4 Å². The van der Waals surface area contributed by atoms with E-state index in [0.717, 1.165) is 13.0 Å². The fraction of sp³-hybridized carbons (Fsp3) is 0.538. The number of methoxy groups -OCH3 is 1. The number of rotatable bonds is 3. The van der Waals surface area contributed by atoms with Crippen molar-refractivity contribution in [2.24, 2.45) is 0 Å². The van der Waals surface area contributed by atoms with E-state index in [2.05, 4.69) is 4.90 Å². The maximum atomic E-state index is 12.7. The first-order valence-corrected chi connectivity index (χ1v) is 8.77. The third kappa shape index (κ3) is 3.63. The van der Waals surface area contributed by atoms with Gasteiger partial charge in [0, 0.05) is 25.7 Å². The van der Waals surface area contributed by atoms with Crippen LogP contribution in [0.4, 0.5) is 0 Å². The summed E-state index contributed by atoms with van der Waals surface area (Å²) in [6.45, 7) is 2.50. The van der Waals surface area contributed by atoms with Gasteiger partial charge in [-0.25, -0.2) is 8.42 Å². The third-order valence-corrected chi connectivity index (χ3v) is 6.16. The molecule has 8 heteroatoms. The Labute approximate surface area is 135 Å². The van der Waals surface area contributed by atoms with Gasteiger partial charge >= 0.3 is 0 Å². The molecule has 0 aromatic heterocycles. The summed E-state index contributed by atoms with van der Waals surface area (Å²) in [4.78, 5) is 2.14. The molecule has 0 N–H and O–H groups in total. The van der Waals surface area contributed by atoms with Gasteiger partial charge in [0.1, 0.15) is 10.6 Å². The fourth-order valence-electron chi connectivity index (χ4n) is 2.27. The minimum atomic E-state index is -3.65. The van der Waals surface area contributed by atoms with E-state index in [9.17, 15) is 8.42 Å². The molecule has 1 fully saturated rings. The van der Waals surface area contributed by atoms with Crippen LogP contribution in [0.2, 0.25) is 10.0 Å². The second kappa shape index (κ2) is 6.71. The van der Waals surface area contributed by atoms with Gasteiger partial charge in [-0.3, -0.25) is 0 Å². The molecular formula is C13H18Cl2N2O3S. The smallest absolute Gasteiger partial charge is 0.244 e. The fourth-order valence-corrected chi connectivity index (χ4v) is 4.56. The summed E-state index contributed by atoms with van der Waals surface area (Å²) in [6, 6.07) is 2.79. The van der Waals surface area contributed by atoms with Gasteiger partial charge in [0.2, 0.25) is 10.0 Å². The van der Waals surface area contributed by atoms with Crippen molar-refractivity contribution >= 4 is 33.2 Å². The Hall–Kier alpha value is -0.530. The molecule has 1 aliphatic heterocycles. The van der Waals surface area contributed by atoms with Gasteiger partial charge in [0.15, 0.2) is 0 Å². The number of hydrogen-bond donors (Lipinski definition) is 0. The van der Waals surface area contributed by atoms with Crippen LogP contribution in [-0.2, 0) is 10.0 Å². The molecule has 0 aliphatic carbocycles. The molecule has 21 heavy (non-hydrogen) atoms. The molecule has 0 spiro atoms. The van der Waals surface area contributed by atoms with Gasteiger partial charge in [-0.15, -0.1) is 0 Å². The van der Waals surface area contributed by atoms with E-state index in [1.165, 1.54) is 23.5 Å². The zero-order valence-corrected chi connectivity index (χ0v) is 14.3. The van der Waals surface area contributed by atoms with E-state index in [4.69, 9.17) is 27.9 Å². The highest BCUT2D eigenvalue weighted by atomic mass is 35.5. The molecule has 5 nitrogen and oxygen atoms in total. The van der Waals surface area contributed by atoms with Crippen molar-refractivity contribution in [1.29, 1.82) is 0 Å². The number of ether oxygens (including phenoxy) is 1. The van der Waals surface area contributed by atoms with Crippen LogP contribution < -0.4 is 4.74 Å². The average Bonchev–Trinajstić information content (AvgIpc) is 2.66. The zero-order chi connectivity index (χ0) is 15.6. The highest BCUT2D eigenvalue weighted by molar-refractivity contribution is 7.89. The normalized spacial score (nSPS) is 18.5. The molecule has 0 bridgehead atoms. The van der Waals surface area contributed by atoms with Gasteiger partial charge in [-0.05, 0) is 26.1 Å².